The van der Waals surface area contributed by atoms with E-state index in [1.54, 1.807) is 25.3 Å². The zero-order valence-electron chi connectivity index (χ0n) is 14.8. The Kier molecular flexibility index (Phi) is 5.65. The molecule has 0 radical (unpaired) electrons. The quantitative estimate of drug-likeness (QED) is 0.589. The number of hydrogen-bond acceptors (Lipinski definition) is 7. The van der Waals surface area contributed by atoms with E-state index in [2.05, 4.69) is 10.1 Å². The molecule has 0 saturated carbocycles. The van der Waals surface area contributed by atoms with E-state index in [0.717, 1.165) is 0 Å². The molecule has 0 unspecified atom stereocenters. The summed E-state index contributed by atoms with van der Waals surface area (Å²) in [7, 11) is 3.08. The van der Waals surface area contributed by atoms with Crippen molar-refractivity contribution in [3.8, 4) is 22.9 Å². The summed E-state index contributed by atoms with van der Waals surface area (Å²) in [6.07, 6.45) is 0.0214. The number of methoxy groups -OCH3 is 2. The van der Waals surface area contributed by atoms with E-state index in [1.165, 1.54) is 31.4 Å². The average Bonchev–Trinajstić information content (AvgIpc) is 3.16. The number of ether oxygens (including phenoxy) is 3. The van der Waals surface area contributed by atoms with Crippen molar-refractivity contribution in [1.82, 2.24) is 10.1 Å². The molecule has 0 spiro atoms. The highest BCUT2D eigenvalue weighted by molar-refractivity contribution is 5.72. The molecule has 0 bridgehead atoms. The fraction of sp³-hybridized carbons (Fsp3) is 0.211. The molecule has 0 aliphatic rings. The topological polar surface area (TPSA) is 83.7 Å². The highest BCUT2D eigenvalue weighted by atomic mass is 19.1. The van der Waals surface area contributed by atoms with Gasteiger partial charge in [-0.25, -0.2) is 4.39 Å². The van der Waals surface area contributed by atoms with Crippen LogP contribution < -0.4 is 9.47 Å². The molecule has 2 aromatic carbocycles. The monoisotopic (exact) mass is 372 g/mol. The van der Waals surface area contributed by atoms with Crippen LogP contribution in [-0.4, -0.2) is 30.3 Å². The molecule has 8 heteroatoms. The van der Waals surface area contributed by atoms with Crippen molar-refractivity contribution in [2.75, 3.05) is 14.2 Å². The van der Waals surface area contributed by atoms with Crippen LogP contribution in [-0.2, 0) is 22.6 Å². The van der Waals surface area contributed by atoms with Crippen LogP contribution >= 0.6 is 0 Å². The third-order valence-corrected chi connectivity index (χ3v) is 3.74. The summed E-state index contributed by atoms with van der Waals surface area (Å²) in [5, 5.41) is 3.88. The number of rotatable bonds is 7. The Balaban J connectivity index is 1.62. The van der Waals surface area contributed by atoms with Crippen molar-refractivity contribution in [3.63, 3.8) is 0 Å². The fourth-order valence-electron chi connectivity index (χ4n) is 2.37. The standard InChI is InChI=1S/C19H17FN2O5/c1-24-14-7-8-15(16(10-14)25-2)19-21-17(27-22-19)11-26-18(23)9-12-3-5-13(20)6-4-12/h3-8,10H,9,11H2,1-2H3. The molecule has 0 N–H and O–H groups in total. The molecule has 7 nitrogen and oxygen atoms in total. The van der Waals surface area contributed by atoms with E-state index in [0.29, 0.717) is 28.5 Å². The van der Waals surface area contributed by atoms with Gasteiger partial charge < -0.3 is 18.7 Å². The summed E-state index contributed by atoms with van der Waals surface area (Å²) < 4.78 is 33.6. The maximum atomic E-state index is 12.9. The first-order valence-electron chi connectivity index (χ1n) is 8.04. The van der Waals surface area contributed by atoms with E-state index in [9.17, 15) is 9.18 Å². The Bertz CT molecular complexity index is 924. The van der Waals surface area contributed by atoms with Gasteiger partial charge >= 0.3 is 5.97 Å². The van der Waals surface area contributed by atoms with Crippen molar-refractivity contribution in [2.45, 2.75) is 13.0 Å². The van der Waals surface area contributed by atoms with Crippen LogP contribution in [0.25, 0.3) is 11.4 Å². The number of carbonyl (C=O) groups is 1. The highest BCUT2D eigenvalue weighted by Crippen LogP contribution is 2.31. The molecular formula is C19H17FN2O5. The predicted molar refractivity (Wildman–Crippen MR) is 92.7 cm³/mol. The Morgan fingerprint density at radius 1 is 1.11 bits per heavy atom. The predicted octanol–water partition coefficient (Wildman–Crippen LogP) is 3.18. The number of hydrogen-bond donors (Lipinski definition) is 0. The van der Waals surface area contributed by atoms with Crippen LogP contribution in [0.15, 0.2) is 47.0 Å². The van der Waals surface area contributed by atoms with Crippen LogP contribution in [0.4, 0.5) is 4.39 Å². The van der Waals surface area contributed by atoms with E-state index >= 15 is 0 Å². The number of benzene rings is 2. The van der Waals surface area contributed by atoms with Crippen molar-refractivity contribution in [2.24, 2.45) is 0 Å². The van der Waals surface area contributed by atoms with Crippen LogP contribution in [0.1, 0.15) is 11.5 Å². The summed E-state index contributed by atoms with van der Waals surface area (Å²) in [6.45, 7) is -0.161. The van der Waals surface area contributed by atoms with Gasteiger partial charge in [-0.05, 0) is 29.8 Å². The number of nitrogens with zero attached hydrogens (tertiary/aromatic N) is 2. The zero-order chi connectivity index (χ0) is 19.2. The van der Waals surface area contributed by atoms with Gasteiger partial charge in [-0.2, -0.15) is 4.98 Å². The van der Waals surface area contributed by atoms with Crippen molar-refractivity contribution in [1.29, 1.82) is 0 Å². The molecule has 0 amide bonds. The van der Waals surface area contributed by atoms with Crippen molar-refractivity contribution >= 4 is 5.97 Å². The lowest BCUT2D eigenvalue weighted by Crippen LogP contribution is -2.08. The van der Waals surface area contributed by atoms with Crippen molar-refractivity contribution < 1.29 is 27.9 Å². The fourth-order valence-corrected chi connectivity index (χ4v) is 2.37. The number of aromatic nitrogens is 2. The normalized spacial score (nSPS) is 10.5. The van der Waals surface area contributed by atoms with E-state index in [-0.39, 0.29) is 24.7 Å². The average molecular weight is 372 g/mol. The molecule has 27 heavy (non-hydrogen) atoms. The molecule has 0 aliphatic carbocycles. The Labute approximate surface area is 154 Å². The van der Waals surface area contributed by atoms with Crippen LogP contribution in [0.2, 0.25) is 0 Å². The second-order valence-corrected chi connectivity index (χ2v) is 5.54. The molecule has 1 heterocycles. The van der Waals surface area contributed by atoms with Gasteiger partial charge in [0.2, 0.25) is 5.82 Å². The first-order chi connectivity index (χ1) is 13.1. The second-order valence-electron chi connectivity index (χ2n) is 5.54. The minimum atomic E-state index is -0.483. The van der Waals surface area contributed by atoms with Gasteiger partial charge in [0, 0.05) is 6.07 Å². The Hall–Kier alpha value is -3.42. The van der Waals surface area contributed by atoms with Gasteiger partial charge in [-0.3, -0.25) is 4.79 Å². The second kappa shape index (κ2) is 8.31. The van der Waals surface area contributed by atoms with Gasteiger partial charge in [0.05, 0.1) is 26.2 Å². The molecule has 3 rings (SSSR count). The lowest BCUT2D eigenvalue weighted by molar-refractivity contribution is -0.144. The van der Waals surface area contributed by atoms with Crippen LogP contribution in [0.5, 0.6) is 11.5 Å². The maximum Gasteiger partial charge on any atom is 0.310 e. The Morgan fingerprint density at radius 3 is 2.59 bits per heavy atom. The van der Waals surface area contributed by atoms with Crippen LogP contribution in [0, 0.1) is 5.82 Å². The lowest BCUT2D eigenvalue weighted by Gasteiger charge is -2.07. The molecule has 3 aromatic rings. The van der Waals surface area contributed by atoms with E-state index < -0.39 is 5.97 Å². The van der Waals surface area contributed by atoms with Gasteiger partial charge in [-0.15, -0.1) is 0 Å². The lowest BCUT2D eigenvalue weighted by atomic mass is 10.1. The summed E-state index contributed by atoms with van der Waals surface area (Å²) in [5.74, 6) is 0.765. The molecule has 0 atom stereocenters. The summed E-state index contributed by atoms with van der Waals surface area (Å²) in [6, 6.07) is 10.8. The third-order valence-electron chi connectivity index (χ3n) is 3.74. The van der Waals surface area contributed by atoms with E-state index in [4.69, 9.17) is 18.7 Å². The zero-order valence-corrected chi connectivity index (χ0v) is 14.8. The van der Waals surface area contributed by atoms with Gasteiger partial charge in [-0.1, -0.05) is 17.3 Å². The molecule has 140 valence electrons. The number of carbonyl (C=O) groups excluding carboxylic acids is 1. The highest BCUT2D eigenvalue weighted by Gasteiger charge is 2.15. The molecule has 0 aliphatic heterocycles. The Morgan fingerprint density at radius 2 is 1.89 bits per heavy atom. The number of halogens is 1. The number of esters is 1. The first kappa shape index (κ1) is 18.4. The van der Waals surface area contributed by atoms with Gasteiger partial charge in [0.15, 0.2) is 6.61 Å². The smallest absolute Gasteiger partial charge is 0.310 e. The first-order valence-corrected chi connectivity index (χ1v) is 8.04. The summed E-state index contributed by atoms with van der Waals surface area (Å²) in [4.78, 5) is 16.1. The van der Waals surface area contributed by atoms with Crippen molar-refractivity contribution in [3.05, 3.63) is 59.7 Å². The molecule has 0 saturated heterocycles. The van der Waals surface area contributed by atoms with E-state index in [1.807, 2.05) is 0 Å². The third kappa shape index (κ3) is 4.60. The molecule has 0 fully saturated rings. The molecular weight excluding hydrogens is 355 g/mol. The van der Waals surface area contributed by atoms with Gasteiger partial charge in [0.1, 0.15) is 17.3 Å². The largest absolute Gasteiger partial charge is 0.497 e. The minimum absolute atomic E-state index is 0.0214. The summed E-state index contributed by atoms with van der Waals surface area (Å²) in [5.41, 5.74) is 1.27. The van der Waals surface area contributed by atoms with Crippen LogP contribution in [0.3, 0.4) is 0 Å². The maximum absolute atomic E-state index is 12.9. The SMILES string of the molecule is COc1ccc(-c2noc(COC(=O)Cc3ccc(F)cc3)n2)c(OC)c1. The minimum Gasteiger partial charge on any atom is -0.497 e. The molecule has 1 aromatic heterocycles. The summed E-state index contributed by atoms with van der Waals surface area (Å²) >= 11 is 0. The van der Waals surface area contributed by atoms with Gasteiger partial charge in [0.25, 0.3) is 5.89 Å².